The molecule has 4 rings (SSSR count). The van der Waals surface area contributed by atoms with Gasteiger partial charge in [-0.15, -0.1) is 22.7 Å². The molecule has 25 heavy (non-hydrogen) atoms. The Morgan fingerprint density at radius 3 is 2.56 bits per heavy atom. The lowest BCUT2D eigenvalue weighted by atomic mass is 9.94. The molecule has 5 heteroatoms. The van der Waals surface area contributed by atoms with Crippen LogP contribution in [0.15, 0.2) is 5.38 Å². The lowest BCUT2D eigenvalue weighted by molar-refractivity contribution is 0.252. The van der Waals surface area contributed by atoms with Crippen LogP contribution in [0.1, 0.15) is 64.6 Å². The topological polar surface area (TPSA) is 41.1 Å². The van der Waals surface area contributed by atoms with Crippen molar-refractivity contribution >= 4 is 33.7 Å². The van der Waals surface area contributed by atoms with Crippen molar-refractivity contribution in [2.45, 2.75) is 71.3 Å². The first kappa shape index (κ1) is 17.1. The summed E-state index contributed by atoms with van der Waals surface area (Å²) in [5, 5.41) is 9.51. The molecule has 0 aliphatic heterocycles. The van der Waals surface area contributed by atoms with E-state index in [2.05, 4.69) is 22.9 Å². The van der Waals surface area contributed by atoms with Crippen molar-refractivity contribution in [1.82, 2.24) is 5.32 Å². The normalized spacial score (nSPS) is 16.2. The number of nitrogens with one attached hydrogen (secondary N) is 2. The van der Waals surface area contributed by atoms with E-state index in [0.717, 1.165) is 11.4 Å². The van der Waals surface area contributed by atoms with Crippen LogP contribution < -0.4 is 10.6 Å². The summed E-state index contributed by atoms with van der Waals surface area (Å²) in [6.07, 6.45) is 10.9. The fourth-order valence-corrected chi connectivity index (χ4v) is 6.66. The van der Waals surface area contributed by atoms with Crippen molar-refractivity contribution in [3.05, 3.63) is 37.4 Å². The largest absolute Gasteiger partial charge is 0.334 e. The SMILES string of the molecule is CCc1c(NC(=O)NCc2csc3c2CCCC3)sc2c1CCCC2. The van der Waals surface area contributed by atoms with Crippen molar-refractivity contribution in [2.24, 2.45) is 0 Å². The summed E-state index contributed by atoms with van der Waals surface area (Å²) in [6, 6.07) is -0.0657. The van der Waals surface area contributed by atoms with Gasteiger partial charge < -0.3 is 5.32 Å². The number of urea groups is 1. The second kappa shape index (κ2) is 7.50. The molecule has 0 atom stereocenters. The molecule has 2 N–H and O–H groups in total. The monoisotopic (exact) mass is 374 g/mol. The molecular weight excluding hydrogens is 348 g/mol. The third kappa shape index (κ3) is 3.49. The van der Waals surface area contributed by atoms with Crippen LogP contribution in [0.25, 0.3) is 0 Å². The third-order valence-electron chi connectivity index (χ3n) is 5.45. The van der Waals surface area contributed by atoms with Crippen molar-refractivity contribution in [1.29, 1.82) is 0 Å². The minimum atomic E-state index is -0.0657. The second-order valence-electron chi connectivity index (χ2n) is 7.05. The highest BCUT2D eigenvalue weighted by molar-refractivity contribution is 7.16. The molecule has 2 heterocycles. The molecule has 134 valence electrons. The van der Waals surface area contributed by atoms with Crippen molar-refractivity contribution in [3.63, 3.8) is 0 Å². The summed E-state index contributed by atoms with van der Waals surface area (Å²) >= 11 is 3.65. The van der Waals surface area contributed by atoms with Gasteiger partial charge in [0.1, 0.15) is 5.00 Å². The van der Waals surface area contributed by atoms with E-state index in [1.165, 1.54) is 83.4 Å². The number of carbonyl (C=O) groups is 1. The van der Waals surface area contributed by atoms with Crippen LogP contribution in [-0.2, 0) is 38.6 Å². The fourth-order valence-electron chi connectivity index (χ4n) is 4.14. The van der Waals surface area contributed by atoms with E-state index in [-0.39, 0.29) is 6.03 Å². The first-order valence-electron chi connectivity index (χ1n) is 9.52. The molecule has 2 aliphatic carbocycles. The van der Waals surface area contributed by atoms with Crippen LogP contribution in [0.3, 0.4) is 0 Å². The molecule has 0 radical (unpaired) electrons. The van der Waals surface area contributed by atoms with E-state index < -0.39 is 0 Å². The number of aryl methyl sites for hydroxylation is 2. The Balaban J connectivity index is 1.41. The summed E-state index contributed by atoms with van der Waals surface area (Å²) in [5.41, 5.74) is 5.69. The fraction of sp³-hybridized carbons (Fsp3) is 0.550. The van der Waals surface area contributed by atoms with E-state index in [0.29, 0.717) is 6.54 Å². The Labute approximate surface area is 157 Å². The number of fused-ring (bicyclic) bond motifs is 2. The Morgan fingerprint density at radius 1 is 1.04 bits per heavy atom. The van der Waals surface area contributed by atoms with Gasteiger partial charge >= 0.3 is 6.03 Å². The third-order valence-corrected chi connectivity index (χ3v) is 7.84. The second-order valence-corrected chi connectivity index (χ2v) is 9.12. The zero-order valence-electron chi connectivity index (χ0n) is 14.9. The Bertz CT molecular complexity index is 775. The average molecular weight is 375 g/mol. The van der Waals surface area contributed by atoms with E-state index in [4.69, 9.17) is 0 Å². The van der Waals surface area contributed by atoms with E-state index in [1.807, 2.05) is 11.3 Å². The molecule has 0 saturated carbocycles. The van der Waals surface area contributed by atoms with Crippen LogP contribution >= 0.6 is 22.7 Å². The van der Waals surface area contributed by atoms with E-state index >= 15 is 0 Å². The van der Waals surface area contributed by atoms with Gasteiger partial charge in [0.25, 0.3) is 0 Å². The number of amides is 2. The Kier molecular flexibility index (Phi) is 5.13. The van der Waals surface area contributed by atoms with Gasteiger partial charge in [-0.2, -0.15) is 0 Å². The van der Waals surface area contributed by atoms with Gasteiger partial charge in [0.2, 0.25) is 0 Å². The first-order chi connectivity index (χ1) is 12.3. The summed E-state index contributed by atoms with van der Waals surface area (Å²) < 4.78 is 0. The predicted octanol–water partition coefficient (Wildman–Crippen LogP) is 5.45. The molecule has 2 aromatic heterocycles. The molecule has 0 fully saturated rings. The zero-order valence-corrected chi connectivity index (χ0v) is 16.5. The maximum absolute atomic E-state index is 12.4. The summed E-state index contributed by atoms with van der Waals surface area (Å²) in [5.74, 6) is 0. The average Bonchev–Trinajstić information content (AvgIpc) is 3.20. The molecule has 0 aromatic carbocycles. The van der Waals surface area contributed by atoms with Gasteiger partial charge in [0.05, 0.1) is 0 Å². The summed E-state index contributed by atoms with van der Waals surface area (Å²) in [4.78, 5) is 15.5. The van der Waals surface area contributed by atoms with Crippen molar-refractivity contribution in [2.75, 3.05) is 5.32 Å². The van der Waals surface area contributed by atoms with Crippen LogP contribution in [0, 0.1) is 0 Å². The molecule has 3 nitrogen and oxygen atoms in total. The molecule has 2 amide bonds. The quantitative estimate of drug-likeness (QED) is 0.734. The molecule has 2 aromatic rings. The predicted molar refractivity (Wildman–Crippen MR) is 107 cm³/mol. The van der Waals surface area contributed by atoms with E-state index in [1.54, 1.807) is 11.3 Å². The molecule has 0 unspecified atom stereocenters. The van der Waals surface area contributed by atoms with Gasteiger partial charge in [0, 0.05) is 16.3 Å². The van der Waals surface area contributed by atoms with Crippen LogP contribution in [0.4, 0.5) is 9.80 Å². The minimum Gasteiger partial charge on any atom is -0.334 e. The lowest BCUT2D eigenvalue weighted by Crippen LogP contribution is -2.28. The van der Waals surface area contributed by atoms with Gasteiger partial charge in [-0.1, -0.05) is 6.92 Å². The smallest absolute Gasteiger partial charge is 0.320 e. The maximum atomic E-state index is 12.4. The molecule has 0 saturated heterocycles. The number of hydrogen-bond donors (Lipinski definition) is 2. The number of anilines is 1. The van der Waals surface area contributed by atoms with Gasteiger partial charge in [-0.25, -0.2) is 4.79 Å². The highest BCUT2D eigenvalue weighted by atomic mass is 32.1. The Morgan fingerprint density at radius 2 is 1.76 bits per heavy atom. The molecule has 0 spiro atoms. The number of hydrogen-bond acceptors (Lipinski definition) is 3. The van der Waals surface area contributed by atoms with Crippen molar-refractivity contribution < 1.29 is 4.79 Å². The van der Waals surface area contributed by atoms with Gasteiger partial charge in [0.15, 0.2) is 0 Å². The zero-order chi connectivity index (χ0) is 17.2. The van der Waals surface area contributed by atoms with Crippen LogP contribution in [0.2, 0.25) is 0 Å². The molecule has 2 aliphatic rings. The van der Waals surface area contributed by atoms with Crippen molar-refractivity contribution in [3.8, 4) is 0 Å². The van der Waals surface area contributed by atoms with Gasteiger partial charge in [-0.05, 0) is 85.4 Å². The maximum Gasteiger partial charge on any atom is 0.320 e. The Hall–Kier alpha value is -1.33. The molecule has 0 bridgehead atoms. The van der Waals surface area contributed by atoms with E-state index in [9.17, 15) is 4.79 Å². The highest BCUT2D eigenvalue weighted by Crippen LogP contribution is 2.38. The van der Waals surface area contributed by atoms with Crippen LogP contribution in [0.5, 0.6) is 0 Å². The lowest BCUT2D eigenvalue weighted by Gasteiger charge is -2.13. The first-order valence-corrected chi connectivity index (χ1v) is 11.2. The number of carbonyl (C=O) groups excluding carboxylic acids is 1. The summed E-state index contributed by atoms with van der Waals surface area (Å²) in [7, 11) is 0. The number of rotatable bonds is 4. The number of thiophene rings is 2. The summed E-state index contributed by atoms with van der Waals surface area (Å²) in [6.45, 7) is 2.84. The standard InChI is InChI=1S/C20H26N2OS2/c1-2-14-16-8-4-6-10-18(16)25-19(14)22-20(23)21-11-13-12-24-17-9-5-3-7-15(13)17/h12H,2-11H2,1H3,(H2,21,22,23). The van der Waals surface area contributed by atoms with Crippen LogP contribution in [-0.4, -0.2) is 6.03 Å². The molecular formula is C20H26N2OS2. The highest BCUT2D eigenvalue weighted by Gasteiger charge is 2.21. The minimum absolute atomic E-state index is 0.0657. The van der Waals surface area contributed by atoms with Gasteiger partial charge in [-0.3, -0.25) is 5.32 Å².